The average Bonchev–Trinajstić information content (AvgIpc) is 0.767. The van der Waals surface area contributed by atoms with E-state index in [1.54, 1.807) is 0 Å². The zero-order valence-electron chi connectivity index (χ0n) is 51.9. The van der Waals surface area contributed by atoms with Crippen LogP contribution in [0.4, 0.5) is 237 Å². The number of hydrogen-bond acceptors (Lipinski definition) is 12. The van der Waals surface area contributed by atoms with Gasteiger partial charge in [0, 0.05) is 17.8 Å². The second-order valence-corrected chi connectivity index (χ2v) is 22.8. The predicted molar refractivity (Wildman–Crippen MR) is 247 cm³/mol. The van der Waals surface area contributed by atoms with Crippen LogP contribution in [-0.2, 0) is 0 Å². The summed E-state index contributed by atoms with van der Waals surface area (Å²) in [5.74, 6) is -172. The summed E-state index contributed by atoms with van der Waals surface area (Å²) in [6, 6.07) is -2.80. The Labute approximate surface area is 587 Å². The first-order valence-electron chi connectivity index (χ1n) is 27.5. The molecule has 1 aliphatic rings. The first kappa shape index (κ1) is 98.6. The van der Waals surface area contributed by atoms with Crippen LogP contribution in [0.2, 0.25) is 0 Å². The summed E-state index contributed by atoms with van der Waals surface area (Å²) in [7, 11) is 0. The normalized spacial score (nSPS) is 18.1. The topological polar surface area (TPSA) is 133 Å². The maximum absolute atomic E-state index is 14.9. The molecule has 0 amide bonds. The molecular formula is C48H24F54N6O6. The van der Waals surface area contributed by atoms with E-state index in [1.807, 2.05) is 0 Å². The van der Waals surface area contributed by atoms with Crippen LogP contribution in [0, 0.1) is 0 Å². The highest BCUT2D eigenvalue weighted by atomic mass is 19.5. The van der Waals surface area contributed by atoms with Crippen LogP contribution in [0.3, 0.4) is 0 Å². The molecule has 0 N–H and O–H groups in total. The van der Waals surface area contributed by atoms with Crippen molar-refractivity contribution in [3.8, 4) is 35.3 Å². The number of halogens is 54. The van der Waals surface area contributed by atoms with E-state index in [0.29, 0.717) is 0 Å². The van der Waals surface area contributed by atoms with E-state index < -0.39 is 291 Å². The van der Waals surface area contributed by atoms with Gasteiger partial charge < -0.3 is 28.4 Å². The highest BCUT2D eigenvalue weighted by Crippen LogP contribution is 2.61. The van der Waals surface area contributed by atoms with E-state index in [4.69, 9.17) is 0 Å². The third kappa shape index (κ3) is 17.8. The Morgan fingerprint density at radius 2 is 0.289 bits per heavy atom. The summed E-state index contributed by atoms with van der Waals surface area (Å²) in [6.07, 6.45) is -53.2. The molecule has 0 saturated heterocycles. The second-order valence-electron chi connectivity index (χ2n) is 22.8. The molecule has 0 bridgehead atoms. The number of ether oxygens (including phenoxy) is 6. The van der Waals surface area contributed by atoms with E-state index >= 15 is 0 Å². The van der Waals surface area contributed by atoms with Crippen molar-refractivity contribution in [3.63, 3.8) is 0 Å². The minimum absolute atomic E-state index is 0.934. The third-order valence-electron chi connectivity index (χ3n) is 14.6. The molecule has 0 aliphatic heterocycles. The zero-order chi connectivity index (χ0) is 89.9. The van der Waals surface area contributed by atoms with Crippen LogP contribution in [0.1, 0.15) is 54.5 Å². The smallest absolute Gasteiger partial charge is 0.460 e. The molecule has 1 aliphatic carbocycles. The lowest BCUT2D eigenvalue weighted by Gasteiger charge is -2.35. The molecule has 114 heavy (non-hydrogen) atoms. The molecule has 3 aromatic rings. The van der Waals surface area contributed by atoms with Gasteiger partial charge in [-0.3, -0.25) is 0 Å². The highest BCUT2D eigenvalue weighted by Gasteiger charge is 2.87. The van der Waals surface area contributed by atoms with E-state index in [-0.39, 0.29) is 0 Å². The number of alkyl halides is 54. The Morgan fingerprint density at radius 1 is 0.184 bits per heavy atom. The standard InChI is InChI=1S/C48H24F54N6O6/c49-25(50,31(61,62)37(73,74)43(85,86)87)7-109-16-4-17(110-8-26(51,52)32(63,64)38(75,76)44(88,89)90)104-22(103-16)13-1-14(23-105-18(111-9-27(53,54)33(65,66)39(77,78)45(91,92)93)5-19(106-23)112-10-28(55,56)34(67,68)40(79,80)46(94,95)96)3-15(2-13)24-107-20(113-11-29(57,58)35(69,70)41(81,82)47(97,98)99)6-21(108-24)114-12-30(59,60)36(71,72)42(83,84)48(100,101)102/h4-6,13-15H,1-3,7-12H2. The van der Waals surface area contributed by atoms with Gasteiger partial charge in [0.05, 0.1) is 18.2 Å². The molecule has 660 valence electrons. The lowest BCUT2D eigenvalue weighted by atomic mass is 9.74. The maximum atomic E-state index is 14.9. The van der Waals surface area contributed by atoms with E-state index in [2.05, 4.69) is 58.3 Å². The van der Waals surface area contributed by atoms with Crippen LogP contribution in [0.15, 0.2) is 18.2 Å². The number of aromatic nitrogens is 6. The largest absolute Gasteiger partial charge is 0.471 e. The van der Waals surface area contributed by atoms with Crippen LogP contribution in [0.25, 0.3) is 0 Å². The van der Waals surface area contributed by atoms with Gasteiger partial charge in [-0.2, -0.15) is 267 Å². The molecule has 0 aromatic carbocycles. The van der Waals surface area contributed by atoms with Crippen molar-refractivity contribution < 1.29 is 266 Å². The van der Waals surface area contributed by atoms with Gasteiger partial charge in [-0.15, -0.1) is 0 Å². The monoisotopic (exact) mass is 1810 g/mol. The van der Waals surface area contributed by atoms with Gasteiger partial charge in [0.15, 0.2) is 39.6 Å². The van der Waals surface area contributed by atoms with Gasteiger partial charge in [-0.25, -0.2) is 0 Å². The van der Waals surface area contributed by atoms with E-state index in [9.17, 15) is 237 Å². The fourth-order valence-corrected chi connectivity index (χ4v) is 8.18. The molecule has 0 atom stereocenters. The summed E-state index contributed by atoms with van der Waals surface area (Å²) < 4.78 is 774. The van der Waals surface area contributed by atoms with Crippen LogP contribution in [-0.4, -0.2) is 213 Å². The molecule has 0 radical (unpaired) electrons. The molecule has 66 heteroatoms. The van der Waals surface area contributed by atoms with E-state index in [1.165, 1.54) is 0 Å². The summed E-state index contributed by atoms with van der Waals surface area (Å²) >= 11 is 0. The Hall–Kier alpha value is -7.74. The first-order valence-corrected chi connectivity index (χ1v) is 27.5. The molecule has 0 unspecified atom stereocenters. The summed E-state index contributed by atoms with van der Waals surface area (Å²) in [5, 5.41) is 0. The molecule has 1 saturated carbocycles. The van der Waals surface area contributed by atoms with Gasteiger partial charge >= 0.3 is 144 Å². The minimum atomic E-state index is -8.03. The molecular weight excluding hydrogens is 1780 g/mol. The van der Waals surface area contributed by atoms with Crippen molar-refractivity contribution in [2.75, 3.05) is 39.6 Å². The lowest BCUT2D eigenvalue weighted by Crippen LogP contribution is -2.62. The van der Waals surface area contributed by atoms with Gasteiger partial charge in [0.1, 0.15) is 17.5 Å². The maximum Gasteiger partial charge on any atom is 0.460 e. The fourth-order valence-electron chi connectivity index (χ4n) is 8.18. The Bertz CT molecular complexity index is 3220. The van der Waals surface area contributed by atoms with Crippen molar-refractivity contribution in [2.45, 2.75) is 181 Å². The predicted octanol–water partition coefficient (Wildman–Crippen LogP) is 20.0. The Morgan fingerprint density at radius 3 is 0.386 bits per heavy atom. The highest BCUT2D eigenvalue weighted by molar-refractivity contribution is 5.29. The van der Waals surface area contributed by atoms with Crippen molar-refractivity contribution in [1.29, 1.82) is 0 Å². The van der Waals surface area contributed by atoms with Crippen LogP contribution >= 0.6 is 0 Å². The van der Waals surface area contributed by atoms with Crippen LogP contribution in [0.5, 0.6) is 35.3 Å². The lowest BCUT2D eigenvalue weighted by molar-refractivity contribution is -0.398. The Balaban J connectivity index is 2.28. The van der Waals surface area contributed by atoms with Gasteiger partial charge in [-0.1, -0.05) is 0 Å². The average molecular weight is 1810 g/mol. The first-order chi connectivity index (χ1) is 49.9. The number of nitrogens with zero attached hydrogens (tertiary/aromatic N) is 6. The molecule has 3 aromatic heterocycles. The quantitative estimate of drug-likeness (QED) is 0.0538. The summed E-state index contributed by atoms with van der Waals surface area (Å²) in [4.78, 5) is 17.0. The van der Waals surface area contributed by atoms with Gasteiger partial charge in [0.2, 0.25) is 35.3 Å². The van der Waals surface area contributed by atoms with Crippen molar-refractivity contribution in [3.05, 3.63) is 35.7 Å². The summed E-state index contributed by atoms with van der Waals surface area (Å²) in [6.45, 7) is -23.6. The molecule has 0 spiro atoms. The number of hydrogen-bond donors (Lipinski definition) is 0. The van der Waals surface area contributed by atoms with Crippen molar-refractivity contribution in [1.82, 2.24) is 29.9 Å². The molecule has 4 rings (SSSR count). The van der Waals surface area contributed by atoms with Gasteiger partial charge in [0.25, 0.3) is 0 Å². The summed E-state index contributed by atoms with van der Waals surface area (Å²) in [5.41, 5.74) is 0. The van der Waals surface area contributed by atoms with Gasteiger partial charge in [-0.05, 0) is 19.3 Å². The van der Waals surface area contributed by atoms with Crippen molar-refractivity contribution in [2.24, 2.45) is 0 Å². The molecule has 12 nitrogen and oxygen atoms in total. The molecule has 1 fully saturated rings. The zero-order valence-corrected chi connectivity index (χ0v) is 51.9. The second kappa shape index (κ2) is 29.7. The third-order valence-corrected chi connectivity index (χ3v) is 14.6. The van der Waals surface area contributed by atoms with E-state index in [0.717, 1.165) is 0 Å². The SMILES string of the molecule is FC(F)(F)C(F)(F)C(F)(F)C(F)(F)COc1cc(OCC(F)(F)C(F)(F)C(F)(F)C(F)(F)F)nc(C2CC(c3nc(OCC(F)(F)C(F)(F)C(F)(F)C(F)(F)F)cc(OCC(F)(F)C(F)(F)C(F)(F)C(F)(F)F)n3)CC(c3nc(OCC(F)(F)C(F)(F)C(F)(F)C(F)(F)F)cc(OCC(F)(F)C(F)(F)C(F)(F)C(F)(F)F)n3)C2)n1. The molecule has 3 heterocycles. The van der Waals surface area contributed by atoms with Crippen LogP contribution < -0.4 is 28.4 Å². The number of rotatable bonds is 33. The minimum Gasteiger partial charge on any atom is -0.471 e. The van der Waals surface area contributed by atoms with Crippen molar-refractivity contribution >= 4 is 0 Å². The Kier molecular flexibility index (Phi) is 25.7. The fraction of sp³-hybridized carbons (Fsp3) is 0.750.